The molecule has 0 radical (unpaired) electrons. The van der Waals surface area contributed by atoms with Crippen molar-refractivity contribution in [1.29, 1.82) is 0 Å². The van der Waals surface area contributed by atoms with Crippen LogP contribution < -0.4 is 10.1 Å². The van der Waals surface area contributed by atoms with E-state index in [2.05, 4.69) is 10.3 Å². The predicted octanol–water partition coefficient (Wildman–Crippen LogP) is 2.44. The molecular formula is C17H20N2O4. The highest BCUT2D eigenvalue weighted by Crippen LogP contribution is 2.17. The van der Waals surface area contributed by atoms with Crippen LogP contribution in [0.4, 0.5) is 4.79 Å². The van der Waals surface area contributed by atoms with Gasteiger partial charge in [0.05, 0.1) is 18.8 Å². The van der Waals surface area contributed by atoms with Gasteiger partial charge in [0.2, 0.25) is 5.88 Å². The van der Waals surface area contributed by atoms with Crippen LogP contribution in [0.3, 0.4) is 0 Å². The second-order valence-corrected chi connectivity index (χ2v) is 5.04. The third-order valence-electron chi connectivity index (χ3n) is 3.29. The van der Waals surface area contributed by atoms with Gasteiger partial charge >= 0.3 is 6.09 Å². The van der Waals surface area contributed by atoms with Gasteiger partial charge in [-0.1, -0.05) is 36.4 Å². The molecule has 0 saturated carbocycles. The van der Waals surface area contributed by atoms with E-state index < -0.39 is 18.2 Å². The zero-order chi connectivity index (χ0) is 16.7. The number of carbonyl (C=O) groups excluding carboxylic acids is 1. The summed E-state index contributed by atoms with van der Waals surface area (Å²) in [6, 6.07) is 13.9. The number of aromatic nitrogens is 1. The lowest BCUT2D eigenvalue weighted by Crippen LogP contribution is -2.37. The molecule has 2 atom stereocenters. The normalized spacial score (nSPS) is 13.0. The molecule has 0 aliphatic rings. The highest BCUT2D eigenvalue weighted by Gasteiger charge is 2.20. The smallest absolute Gasteiger partial charge is 0.407 e. The molecule has 0 aliphatic heterocycles. The van der Waals surface area contributed by atoms with Crippen LogP contribution in [0.1, 0.15) is 24.3 Å². The van der Waals surface area contributed by atoms with Crippen LogP contribution in [0.5, 0.6) is 5.88 Å². The fraction of sp³-hybridized carbons (Fsp3) is 0.294. The van der Waals surface area contributed by atoms with Crippen molar-refractivity contribution < 1.29 is 19.4 Å². The number of rotatable bonds is 6. The Morgan fingerprint density at radius 2 is 1.96 bits per heavy atom. The van der Waals surface area contributed by atoms with Crippen LogP contribution in [-0.2, 0) is 11.3 Å². The molecule has 122 valence electrons. The third kappa shape index (κ3) is 4.96. The summed E-state index contributed by atoms with van der Waals surface area (Å²) in [4.78, 5) is 15.9. The Balaban J connectivity index is 1.87. The van der Waals surface area contributed by atoms with E-state index in [0.29, 0.717) is 11.6 Å². The topological polar surface area (TPSA) is 80.7 Å². The molecule has 2 aromatic rings. The van der Waals surface area contributed by atoms with Crippen molar-refractivity contribution in [2.24, 2.45) is 0 Å². The summed E-state index contributed by atoms with van der Waals surface area (Å²) in [5.41, 5.74) is 1.31. The number of amides is 1. The quantitative estimate of drug-likeness (QED) is 0.855. The molecule has 0 aliphatic carbocycles. The Morgan fingerprint density at radius 3 is 2.65 bits per heavy atom. The summed E-state index contributed by atoms with van der Waals surface area (Å²) in [5.74, 6) is 0.403. The van der Waals surface area contributed by atoms with Gasteiger partial charge in [-0.15, -0.1) is 0 Å². The van der Waals surface area contributed by atoms with E-state index in [-0.39, 0.29) is 6.61 Å². The maximum Gasteiger partial charge on any atom is 0.407 e. The number of carbonyl (C=O) groups is 1. The van der Waals surface area contributed by atoms with Crippen LogP contribution in [0.2, 0.25) is 0 Å². The first-order valence-corrected chi connectivity index (χ1v) is 7.26. The average molecular weight is 316 g/mol. The number of aliphatic hydroxyl groups is 1. The SMILES string of the molecule is COc1cccc([C@@H](O)[C@H](C)NC(=O)OCc2ccccc2)n1. The Morgan fingerprint density at radius 1 is 1.22 bits per heavy atom. The molecular weight excluding hydrogens is 296 g/mol. The monoisotopic (exact) mass is 316 g/mol. The van der Waals surface area contributed by atoms with E-state index in [9.17, 15) is 9.90 Å². The number of methoxy groups -OCH3 is 1. The largest absolute Gasteiger partial charge is 0.481 e. The number of hydrogen-bond acceptors (Lipinski definition) is 5. The minimum absolute atomic E-state index is 0.174. The summed E-state index contributed by atoms with van der Waals surface area (Å²) >= 11 is 0. The lowest BCUT2D eigenvalue weighted by molar-refractivity contribution is 0.104. The van der Waals surface area contributed by atoms with E-state index in [1.807, 2.05) is 30.3 Å². The molecule has 2 N–H and O–H groups in total. The van der Waals surface area contributed by atoms with E-state index in [4.69, 9.17) is 9.47 Å². The average Bonchev–Trinajstić information content (AvgIpc) is 2.60. The van der Waals surface area contributed by atoms with E-state index in [1.54, 1.807) is 25.1 Å². The number of aliphatic hydroxyl groups excluding tert-OH is 1. The van der Waals surface area contributed by atoms with Crippen LogP contribution in [0.25, 0.3) is 0 Å². The Labute approximate surface area is 135 Å². The summed E-state index contributed by atoms with van der Waals surface area (Å²) in [6.45, 7) is 1.85. The van der Waals surface area contributed by atoms with Gasteiger partial charge < -0.3 is 19.9 Å². The van der Waals surface area contributed by atoms with Gasteiger partial charge in [-0.2, -0.15) is 0 Å². The number of nitrogens with zero attached hydrogens (tertiary/aromatic N) is 1. The summed E-state index contributed by atoms with van der Waals surface area (Å²) in [5, 5.41) is 12.8. The van der Waals surface area contributed by atoms with Crippen molar-refractivity contribution in [3.8, 4) is 5.88 Å². The number of nitrogens with one attached hydrogen (secondary N) is 1. The Kier molecular flexibility index (Phi) is 5.94. The molecule has 2 rings (SSSR count). The summed E-state index contributed by atoms with van der Waals surface area (Å²) in [7, 11) is 1.50. The summed E-state index contributed by atoms with van der Waals surface area (Å²) < 4.78 is 10.1. The van der Waals surface area contributed by atoms with Crippen molar-refractivity contribution >= 4 is 6.09 Å². The maximum absolute atomic E-state index is 11.8. The van der Waals surface area contributed by atoms with E-state index in [1.165, 1.54) is 7.11 Å². The van der Waals surface area contributed by atoms with Gasteiger partial charge in [0, 0.05) is 6.07 Å². The molecule has 6 nitrogen and oxygen atoms in total. The van der Waals surface area contributed by atoms with Gasteiger partial charge in [-0.25, -0.2) is 9.78 Å². The molecule has 1 heterocycles. The zero-order valence-electron chi connectivity index (χ0n) is 13.1. The first kappa shape index (κ1) is 16.8. The van der Waals surface area contributed by atoms with Crippen LogP contribution >= 0.6 is 0 Å². The molecule has 0 fully saturated rings. The fourth-order valence-electron chi connectivity index (χ4n) is 1.99. The molecule has 0 saturated heterocycles. The number of pyridine rings is 1. The molecule has 1 aromatic carbocycles. The second-order valence-electron chi connectivity index (χ2n) is 5.04. The molecule has 0 spiro atoms. The van der Waals surface area contributed by atoms with Crippen molar-refractivity contribution in [1.82, 2.24) is 10.3 Å². The molecule has 6 heteroatoms. The van der Waals surface area contributed by atoms with Crippen molar-refractivity contribution in [2.75, 3.05) is 7.11 Å². The van der Waals surface area contributed by atoms with E-state index >= 15 is 0 Å². The van der Waals surface area contributed by atoms with Crippen molar-refractivity contribution in [2.45, 2.75) is 25.7 Å². The molecule has 1 aromatic heterocycles. The minimum Gasteiger partial charge on any atom is -0.481 e. The Bertz CT molecular complexity index is 634. The molecule has 0 unspecified atom stereocenters. The van der Waals surface area contributed by atoms with Crippen LogP contribution in [0.15, 0.2) is 48.5 Å². The third-order valence-corrected chi connectivity index (χ3v) is 3.29. The zero-order valence-corrected chi connectivity index (χ0v) is 13.1. The van der Waals surface area contributed by atoms with Crippen LogP contribution in [0, 0.1) is 0 Å². The predicted molar refractivity (Wildman–Crippen MR) is 85.0 cm³/mol. The first-order chi connectivity index (χ1) is 11.1. The molecule has 23 heavy (non-hydrogen) atoms. The van der Waals surface area contributed by atoms with Gasteiger partial charge in [0.15, 0.2) is 0 Å². The van der Waals surface area contributed by atoms with Gasteiger partial charge in [0.25, 0.3) is 0 Å². The van der Waals surface area contributed by atoms with Gasteiger partial charge in [-0.3, -0.25) is 0 Å². The number of ether oxygens (including phenoxy) is 2. The molecule has 0 bridgehead atoms. The van der Waals surface area contributed by atoms with Gasteiger partial charge in [0.1, 0.15) is 12.7 Å². The minimum atomic E-state index is -0.964. The molecule has 1 amide bonds. The summed E-state index contributed by atoms with van der Waals surface area (Å²) in [6.07, 6.45) is -1.56. The Hall–Kier alpha value is -2.60. The lowest BCUT2D eigenvalue weighted by atomic mass is 10.1. The van der Waals surface area contributed by atoms with Crippen molar-refractivity contribution in [3.05, 3.63) is 59.8 Å². The van der Waals surface area contributed by atoms with Crippen molar-refractivity contribution in [3.63, 3.8) is 0 Å². The maximum atomic E-state index is 11.8. The number of alkyl carbamates (subject to hydrolysis) is 1. The van der Waals surface area contributed by atoms with Gasteiger partial charge in [-0.05, 0) is 18.6 Å². The standard InChI is InChI=1S/C17H20N2O4/c1-12(16(20)14-9-6-10-15(19-14)22-2)18-17(21)23-11-13-7-4-3-5-8-13/h3-10,12,16,20H,11H2,1-2H3,(H,18,21)/t12-,16-/m0/s1. The fourth-order valence-corrected chi connectivity index (χ4v) is 1.99. The highest BCUT2D eigenvalue weighted by atomic mass is 16.5. The second kappa shape index (κ2) is 8.14. The van der Waals surface area contributed by atoms with E-state index in [0.717, 1.165) is 5.56 Å². The van der Waals surface area contributed by atoms with Crippen LogP contribution in [-0.4, -0.2) is 29.3 Å². The lowest BCUT2D eigenvalue weighted by Gasteiger charge is -2.20. The first-order valence-electron chi connectivity index (χ1n) is 7.26. The number of hydrogen-bond donors (Lipinski definition) is 2. The number of benzene rings is 1. The highest BCUT2D eigenvalue weighted by molar-refractivity contribution is 5.67.